The van der Waals surface area contributed by atoms with Crippen molar-refractivity contribution in [1.82, 2.24) is 29.1 Å². The third kappa shape index (κ3) is 14.0. The normalized spacial score (nSPS) is 22.9. The van der Waals surface area contributed by atoms with Gasteiger partial charge in [-0.15, -0.1) is 0 Å². The maximum atomic E-state index is 13.1. The van der Waals surface area contributed by atoms with Gasteiger partial charge in [-0.2, -0.15) is 14.3 Å². The molecule has 26 heteroatoms. The number of rotatable bonds is 19. The zero-order valence-electron chi connectivity index (χ0n) is 47.0. The van der Waals surface area contributed by atoms with E-state index in [1.54, 1.807) is 81.9 Å². The van der Waals surface area contributed by atoms with Crippen LogP contribution in [0.5, 0.6) is 12.0 Å². The fraction of sp³-hybridized carbons (Fsp3) is 0.439. The van der Waals surface area contributed by atoms with Crippen LogP contribution in [0.4, 0.5) is 0 Å². The summed E-state index contributed by atoms with van der Waals surface area (Å²) in [4.78, 5) is 43.7. The van der Waals surface area contributed by atoms with Crippen LogP contribution in [0, 0.1) is 0 Å². The van der Waals surface area contributed by atoms with E-state index in [0.29, 0.717) is 84.6 Å². The number of carboxylic acids is 1. The van der Waals surface area contributed by atoms with Crippen LogP contribution in [0.3, 0.4) is 0 Å². The van der Waals surface area contributed by atoms with Crippen molar-refractivity contribution >= 4 is 83.3 Å². The molecule has 0 bridgehead atoms. The summed E-state index contributed by atoms with van der Waals surface area (Å²) < 4.78 is 68.2. The minimum atomic E-state index is -2.91. The van der Waals surface area contributed by atoms with Crippen LogP contribution in [-0.4, -0.2) is 171 Å². The van der Waals surface area contributed by atoms with E-state index in [2.05, 4.69) is 48.6 Å². The Morgan fingerprint density at radius 1 is 0.627 bits per heavy atom. The monoisotopic (exact) mass is 1230 g/mol. The van der Waals surface area contributed by atoms with Crippen molar-refractivity contribution in [3.63, 3.8) is 0 Å². The summed E-state index contributed by atoms with van der Waals surface area (Å²) >= 11 is 13.3. The number of aliphatic hydroxyl groups excluding tert-OH is 2. The number of amides is 1. The molecule has 4 aliphatic heterocycles. The molecular weight excluding hydrogens is 1170 g/mol. The summed E-state index contributed by atoms with van der Waals surface area (Å²) in [6, 6.07) is 27.8. The molecule has 0 unspecified atom stereocenters. The van der Waals surface area contributed by atoms with E-state index in [1.807, 2.05) is 6.07 Å². The number of carboxylic acid groups (broad SMARTS) is 1. The number of pyridine rings is 2. The Balaban J connectivity index is 0.000000190. The Labute approximate surface area is 492 Å². The van der Waals surface area contributed by atoms with Gasteiger partial charge in [0.15, 0.2) is 23.5 Å². The third-order valence-electron chi connectivity index (χ3n) is 14.4. The number of aromatic nitrogens is 6. The molecule has 0 saturated carbocycles. The third-order valence-corrected chi connectivity index (χ3v) is 20.1. The van der Waals surface area contributed by atoms with Crippen LogP contribution in [0.1, 0.15) is 20.7 Å². The molecular formula is C57H67Cl2N7O14SSi2. The fourth-order valence-electron chi connectivity index (χ4n) is 9.73. The topological polar surface area (TPSA) is 260 Å². The summed E-state index contributed by atoms with van der Waals surface area (Å²) in [5.74, 6) is -1.59. The summed E-state index contributed by atoms with van der Waals surface area (Å²) in [5.41, 5.74) is 4.86. The largest absolute Gasteiger partial charge is 0.478 e. The van der Waals surface area contributed by atoms with Crippen LogP contribution < -0.4 is 9.47 Å². The predicted octanol–water partition coefficient (Wildman–Crippen LogP) is 8.94. The van der Waals surface area contributed by atoms with E-state index in [4.69, 9.17) is 76.0 Å². The first kappa shape index (κ1) is 60.4. The number of aliphatic hydroxyl groups is 2. The van der Waals surface area contributed by atoms with Gasteiger partial charge in [0.05, 0.1) is 63.2 Å². The first-order valence-electron chi connectivity index (χ1n) is 27.2. The van der Waals surface area contributed by atoms with Crippen LogP contribution in [0.2, 0.25) is 61.4 Å². The highest BCUT2D eigenvalue weighted by molar-refractivity contribution is 7.93. The number of halogens is 2. The van der Waals surface area contributed by atoms with Crippen LogP contribution in [0.15, 0.2) is 100 Å². The van der Waals surface area contributed by atoms with E-state index in [0.717, 1.165) is 12.1 Å². The van der Waals surface area contributed by atoms with Crippen molar-refractivity contribution in [1.29, 1.82) is 0 Å². The number of carbonyl (C=O) groups excluding carboxylic acids is 1. The second kappa shape index (κ2) is 25.1. The molecule has 7 aromatic rings. The van der Waals surface area contributed by atoms with E-state index in [-0.39, 0.29) is 51.5 Å². The fourth-order valence-corrected chi connectivity index (χ4v) is 12.9. The summed E-state index contributed by atoms with van der Waals surface area (Å²) in [6.07, 6.45) is -2.52. The van der Waals surface area contributed by atoms with E-state index < -0.39 is 86.6 Å². The zero-order valence-corrected chi connectivity index (χ0v) is 51.3. The molecule has 9 atom stereocenters. The highest BCUT2D eigenvalue weighted by Crippen LogP contribution is 2.37. The number of fused-ring (bicyclic) bond motifs is 4. The number of carbonyl (C=O) groups is 2. The summed E-state index contributed by atoms with van der Waals surface area (Å²) in [6.45, 7) is 16.1. The molecule has 11 rings (SSSR count). The molecule has 4 saturated heterocycles. The Morgan fingerprint density at radius 2 is 1.05 bits per heavy atom. The van der Waals surface area contributed by atoms with Crippen LogP contribution in [0.25, 0.3) is 44.8 Å². The second-order valence-electron chi connectivity index (χ2n) is 23.3. The number of aromatic carboxylic acids is 1. The highest BCUT2D eigenvalue weighted by atomic mass is 35.5. The van der Waals surface area contributed by atoms with Gasteiger partial charge >= 0.3 is 18.0 Å². The van der Waals surface area contributed by atoms with Gasteiger partial charge < -0.3 is 53.2 Å². The molecule has 83 heavy (non-hydrogen) atoms. The minimum absolute atomic E-state index is 0.155. The lowest BCUT2D eigenvalue weighted by molar-refractivity contribution is 0.00332. The highest BCUT2D eigenvalue weighted by Gasteiger charge is 2.50. The molecule has 0 radical (unpaired) electrons. The lowest BCUT2D eigenvalue weighted by atomic mass is 10.1. The number of ether oxygens (including phenoxy) is 8. The van der Waals surface area contributed by atoms with Crippen molar-refractivity contribution < 1.29 is 67.0 Å². The van der Waals surface area contributed by atoms with Gasteiger partial charge in [0.25, 0.3) is 5.91 Å². The Morgan fingerprint density at radius 3 is 1.47 bits per heavy atom. The Bertz CT molecular complexity index is 3610. The molecule has 4 aliphatic rings. The number of benzene rings is 3. The minimum Gasteiger partial charge on any atom is -0.478 e. The lowest BCUT2D eigenvalue weighted by Crippen LogP contribution is -2.35. The Kier molecular flexibility index (Phi) is 18.3. The van der Waals surface area contributed by atoms with Crippen molar-refractivity contribution in [2.45, 2.75) is 119 Å². The SMILES string of the molecule is C[Si](C)(C)CCOCn1c(O[C@@H]2CO[C@H]3[C@@H]2OC[C@H]3O)nc2cc(Cl)c(-c3ccc(C(=O)N=[S@](C)(=O)c4ccccc4)cc3)nc21.C[Si](C)(C)CCOCn1c(O[C@@H]2CO[C@H]3[C@@H]2OC[C@H]3O)nc2cc(Cl)c(-c3ccc(C(=O)O)cc3)nc21. The quantitative estimate of drug-likeness (QED) is 0.0504. The predicted molar refractivity (Wildman–Crippen MR) is 316 cm³/mol. The molecule has 8 heterocycles. The molecule has 21 nitrogen and oxygen atoms in total. The molecule has 0 spiro atoms. The van der Waals surface area contributed by atoms with Gasteiger partial charge in [0.2, 0.25) is 0 Å². The maximum absolute atomic E-state index is 13.1. The average molecular weight is 1230 g/mol. The zero-order chi connectivity index (χ0) is 59.0. The number of nitrogens with zero attached hydrogens (tertiary/aromatic N) is 7. The van der Waals surface area contributed by atoms with E-state index in [1.165, 1.54) is 18.4 Å². The Hall–Kier alpha value is -5.72. The van der Waals surface area contributed by atoms with E-state index >= 15 is 0 Å². The molecule has 442 valence electrons. The van der Waals surface area contributed by atoms with Crippen LogP contribution >= 0.6 is 23.2 Å². The first-order valence-corrected chi connectivity index (χ1v) is 37.3. The van der Waals surface area contributed by atoms with Gasteiger partial charge in [0, 0.05) is 57.2 Å². The first-order chi connectivity index (χ1) is 39.5. The van der Waals surface area contributed by atoms with Crippen molar-refractivity contribution in [3.8, 4) is 34.5 Å². The number of imidazole rings is 2. The number of hydrogen-bond donors (Lipinski definition) is 3. The van der Waals surface area contributed by atoms with Crippen LogP contribution in [-0.2, 0) is 51.6 Å². The smallest absolute Gasteiger partial charge is 0.335 e. The summed E-state index contributed by atoms with van der Waals surface area (Å²) in [5, 5.41) is 30.2. The van der Waals surface area contributed by atoms with Gasteiger partial charge in [-0.05, 0) is 60.6 Å². The number of hydrogen-bond acceptors (Lipinski definition) is 17. The van der Waals surface area contributed by atoms with Gasteiger partial charge in [0.1, 0.15) is 61.1 Å². The van der Waals surface area contributed by atoms with E-state index in [9.17, 15) is 29.1 Å². The summed E-state index contributed by atoms with van der Waals surface area (Å²) in [7, 11) is -5.51. The average Bonchev–Trinajstić information content (AvgIpc) is 3.83. The lowest BCUT2D eigenvalue weighted by Gasteiger charge is -2.19. The van der Waals surface area contributed by atoms with Crippen molar-refractivity contribution in [2.75, 3.05) is 45.9 Å². The molecule has 0 aliphatic carbocycles. The standard InChI is InChI=1S/C32H37ClN4O7SSi.C25H30ClN3O7Si/c1-45(40,22-8-6-5-7-9-22)36-31(39)21-12-10-20(11-13-21)27-23(33)16-24-30(35-27)37(19-41-14-15-46(2,3)4)32(34-24)44-26-18-43-28-25(38)17-42-29(26)28;1-37(2,3)9-8-33-13-29-23-17(27-25(29)36-19-12-35-21-18(30)11-34-22(19)21)10-16(26)20(28-23)14-4-6-15(7-5-14)24(31)32/h5-13,16,25-26,28-29,38H,14-15,17-19H2,1-4H3;4-7,10,18-19,21-22,30H,8-9,11-13H2,1-3H3,(H,31,32)/t25-,26-,28-,29-,45-;18-,19-,21-,22-/m11/s1. The van der Waals surface area contributed by atoms with Crippen molar-refractivity contribution in [2.24, 2.45) is 4.36 Å². The molecule has 4 aromatic heterocycles. The van der Waals surface area contributed by atoms with Gasteiger partial charge in [-0.1, -0.05) is 105 Å². The molecule has 3 N–H and O–H groups in total. The maximum Gasteiger partial charge on any atom is 0.335 e. The second-order valence-corrected chi connectivity index (χ2v) is 37.6. The molecule has 4 fully saturated rings. The molecule has 3 aromatic carbocycles. The van der Waals surface area contributed by atoms with Gasteiger partial charge in [-0.25, -0.2) is 19.0 Å². The van der Waals surface area contributed by atoms with Crippen molar-refractivity contribution in [3.05, 3.63) is 112 Å². The molecule has 1 amide bonds. The van der Waals surface area contributed by atoms with Gasteiger partial charge in [-0.3, -0.25) is 13.9 Å².